The number of rotatable bonds is 3. The van der Waals surface area contributed by atoms with Crippen molar-refractivity contribution in [3.8, 4) is 11.5 Å². The molecule has 0 saturated heterocycles. The standard InChI is InChI=1S/C36H32BNO/c1-23-11-15-26(16-12-23)38-32-19-13-24(2)21-31(32)37-30-18-17-28(39-27-9-7-6-8-10-27)22-29(30)36(4,5)34-25(3)14-20-33(38)35(34)37/h6-22H,1-5H3. The van der Waals surface area contributed by atoms with E-state index in [2.05, 4.69) is 112 Å². The van der Waals surface area contributed by atoms with Crippen LogP contribution in [0.5, 0.6) is 11.5 Å². The summed E-state index contributed by atoms with van der Waals surface area (Å²) in [7, 11) is 0. The van der Waals surface area contributed by atoms with Gasteiger partial charge in [0.1, 0.15) is 11.5 Å². The first-order valence-electron chi connectivity index (χ1n) is 13.8. The van der Waals surface area contributed by atoms with Crippen molar-refractivity contribution in [1.82, 2.24) is 0 Å². The molecule has 0 N–H and O–H groups in total. The van der Waals surface area contributed by atoms with Gasteiger partial charge in [0.05, 0.1) is 0 Å². The van der Waals surface area contributed by atoms with Gasteiger partial charge in [-0.1, -0.05) is 85.0 Å². The first kappa shape index (κ1) is 23.9. The molecule has 5 aromatic carbocycles. The Morgan fingerprint density at radius 2 is 1.36 bits per heavy atom. The molecule has 2 nitrogen and oxygen atoms in total. The Bertz CT molecular complexity index is 1740. The highest BCUT2D eigenvalue weighted by molar-refractivity contribution is 6.99. The van der Waals surface area contributed by atoms with Gasteiger partial charge in [0.25, 0.3) is 0 Å². The van der Waals surface area contributed by atoms with Crippen molar-refractivity contribution in [1.29, 1.82) is 0 Å². The zero-order valence-electron chi connectivity index (χ0n) is 23.2. The Kier molecular flexibility index (Phi) is 5.28. The molecule has 0 unspecified atom stereocenters. The van der Waals surface area contributed by atoms with Crippen LogP contribution in [-0.2, 0) is 5.41 Å². The van der Waals surface area contributed by atoms with Crippen molar-refractivity contribution < 1.29 is 4.74 Å². The number of ether oxygens (including phenoxy) is 1. The lowest BCUT2D eigenvalue weighted by Crippen LogP contribution is -2.64. The molecule has 0 aromatic heterocycles. The molecule has 5 aromatic rings. The molecule has 39 heavy (non-hydrogen) atoms. The molecule has 0 spiro atoms. The van der Waals surface area contributed by atoms with Crippen molar-refractivity contribution >= 4 is 40.2 Å². The lowest BCUT2D eigenvalue weighted by atomic mass is 9.30. The molecule has 0 fully saturated rings. The van der Waals surface area contributed by atoms with Crippen LogP contribution in [0.2, 0.25) is 0 Å². The fraction of sp³-hybridized carbons (Fsp3) is 0.167. The summed E-state index contributed by atoms with van der Waals surface area (Å²) in [4.78, 5) is 2.47. The molecule has 0 bridgehead atoms. The van der Waals surface area contributed by atoms with Crippen LogP contribution in [0.1, 0.15) is 41.7 Å². The van der Waals surface area contributed by atoms with Crippen LogP contribution in [-0.4, -0.2) is 6.71 Å². The number of fused-ring (bicyclic) bond motifs is 4. The molecule has 0 radical (unpaired) electrons. The van der Waals surface area contributed by atoms with E-state index < -0.39 is 0 Å². The molecule has 0 saturated carbocycles. The number of para-hydroxylation sites is 1. The van der Waals surface area contributed by atoms with E-state index in [-0.39, 0.29) is 12.1 Å². The van der Waals surface area contributed by atoms with Gasteiger partial charge in [0.2, 0.25) is 6.71 Å². The average Bonchev–Trinajstić information content (AvgIpc) is 2.92. The Labute approximate surface area is 232 Å². The average molecular weight is 505 g/mol. The molecule has 2 heterocycles. The molecule has 3 heteroatoms. The molecular weight excluding hydrogens is 473 g/mol. The van der Waals surface area contributed by atoms with Crippen LogP contribution < -0.4 is 26.0 Å². The second-order valence-corrected chi connectivity index (χ2v) is 11.6. The van der Waals surface area contributed by atoms with E-state index in [0.717, 1.165) is 11.5 Å². The van der Waals surface area contributed by atoms with E-state index in [0.29, 0.717) is 0 Å². The summed E-state index contributed by atoms with van der Waals surface area (Å²) in [5.41, 5.74) is 14.4. The van der Waals surface area contributed by atoms with Gasteiger partial charge in [-0.15, -0.1) is 0 Å². The van der Waals surface area contributed by atoms with Gasteiger partial charge in [-0.2, -0.15) is 0 Å². The quantitative estimate of drug-likeness (QED) is 0.233. The Balaban J connectivity index is 1.49. The van der Waals surface area contributed by atoms with Crippen LogP contribution in [0, 0.1) is 20.8 Å². The van der Waals surface area contributed by atoms with Gasteiger partial charge in [0, 0.05) is 22.5 Å². The maximum absolute atomic E-state index is 6.33. The molecule has 2 aliphatic heterocycles. The van der Waals surface area contributed by atoms with Crippen LogP contribution in [0.25, 0.3) is 0 Å². The summed E-state index contributed by atoms with van der Waals surface area (Å²) in [6.07, 6.45) is 0. The predicted octanol–water partition coefficient (Wildman–Crippen LogP) is 7.34. The normalized spacial score (nSPS) is 14.4. The molecule has 0 atom stereocenters. The van der Waals surface area contributed by atoms with Gasteiger partial charge in [-0.05, 0) is 96.9 Å². The summed E-state index contributed by atoms with van der Waals surface area (Å²) in [6, 6.07) is 37.3. The first-order valence-corrected chi connectivity index (χ1v) is 13.8. The largest absolute Gasteiger partial charge is 0.457 e. The minimum atomic E-state index is -0.183. The van der Waals surface area contributed by atoms with E-state index in [1.54, 1.807) is 0 Å². The van der Waals surface area contributed by atoms with Gasteiger partial charge in [-0.3, -0.25) is 0 Å². The maximum atomic E-state index is 6.33. The number of benzene rings is 5. The zero-order chi connectivity index (χ0) is 26.9. The topological polar surface area (TPSA) is 12.5 Å². The molecule has 2 aliphatic rings. The minimum absolute atomic E-state index is 0.167. The van der Waals surface area contributed by atoms with E-state index in [1.165, 1.54) is 61.3 Å². The number of hydrogen-bond acceptors (Lipinski definition) is 2. The van der Waals surface area contributed by atoms with Crippen molar-refractivity contribution in [3.63, 3.8) is 0 Å². The third-order valence-electron chi connectivity index (χ3n) is 8.60. The van der Waals surface area contributed by atoms with Crippen LogP contribution in [0.4, 0.5) is 17.1 Å². The second kappa shape index (κ2) is 8.64. The number of anilines is 3. The van der Waals surface area contributed by atoms with E-state index in [1.807, 2.05) is 30.3 Å². The van der Waals surface area contributed by atoms with E-state index in [9.17, 15) is 0 Å². The van der Waals surface area contributed by atoms with Gasteiger partial charge < -0.3 is 9.64 Å². The molecular formula is C36H32BNO. The Morgan fingerprint density at radius 3 is 2.13 bits per heavy atom. The molecule has 7 rings (SSSR count). The highest BCUT2D eigenvalue weighted by Gasteiger charge is 2.46. The fourth-order valence-electron chi connectivity index (χ4n) is 6.87. The SMILES string of the molecule is Cc1ccc(N2c3ccc(C)cc3B3c4ccc(Oc5ccccc5)cc4C(C)(C)c4c(C)ccc2c43)cc1. The third-order valence-corrected chi connectivity index (χ3v) is 8.60. The van der Waals surface area contributed by atoms with Crippen molar-refractivity contribution in [2.45, 2.75) is 40.0 Å². The van der Waals surface area contributed by atoms with Crippen LogP contribution in [0.3, 0.4) is 0 Å². The minimum Gasteiger partial charge on any atom is -0.457 e. The van der Waals surface area contributed by atoms with E-state index >= 15 is 0 Å². The van der Waals surface area contributed by atoms with Crippen molar-refractivity contribution in [3.05, 3.63) is 131 Å². The predicted molar refractivity (Wildman–Crippen MR) is 165 cm³/mol. The summed E-state index contributed by atoms with van der Waals surface area (Å²) < 4.78 is 6.33. The second-order valence-electron chi connectivity index (χ2n) is 11.6. The lowest BCUT2D eigenvalue weighted by molar-refractivity contribution is 0.480. The summed E-state index contributed by atoms with van der Waals surface area (Å²) >= 11 is 0. The number of aryl methyl sites for hydroxylation is 3. The smallest absolute Gasteiger partial charge is 0.247 e. The zero-order valence-corrected chi connectivity index (χ0v) is 23.2. The fourth-order valence-corrected chi connectivity index (χ4v) is 6.87. The molecule has 0 amide bonds. The number of hydrogen-bond donors (Lipinski definition) is 0. The van der Waals surface area contributed by atoms with Gasteiger partial charge in [0.15, 0.2) is 0 Å². The molecule has 0 aliphatic carbocycles. The highest BCUT2D eigenvalue weighted by Crippen LogP contribution is 2.44. The monoisotopic (exact) mass is 505 g/mol. The van der Waals surface area contributed by atoms with Gasteiger partial charge in [-0.25, -0.2) is 0 Å². The van der Waals surface area contributed by atoms with Gasteiger partial charge >= 0.3 is 0 Å². The highest BCUT2D eigenvalue weighted by atomic mass is 16.5. The first-order chi connectivity index (χ1) is 18.8. The summed E-state index contributed by atoms with van der Waals surface area (Å²) in [6.45, 7) is 11.5. The van der Waals surface area contributed by atoms with Crippen molar-refractivity contribution in [2.75, 3.05) is 4.90 Å². The lowest BCUT2D eigenvalue weighted by Gasteiger charge is -2.46. The Hall–Kier alpha value is -4.24. The Morgan fingerprint density at radius 1 is 0.641 bits per heavy atom. The van der Waals surface area contributed by atoms with Crippen LogP contribution in [0.15, 0.2) is 103 Å². The third kappa shape index (κ3) is 3.64. The van der Waals surface area contributed by atoms with Crippen molar-refractivity contribution in [2.24, 2.45) is 0 Å². The van der Waals surface area contributed by atoms with E-state index in [4.69, 9.17) is 4.74 Å². The summed E-state index contributed by atoms with van der Waals surface area (Å²) in [5, 5.41) is 0. The number of nitrogens with zero attached hydrogens (tertiary/aromatic N) is 1. The maximum Gasteiger partial charge on any atom is 0.247 e. The van der Waals surface area contributed by atoms with Crippen LogP contribution >= 0.6 is 0 Å². The molecule has 190 valence electrons. The summed E-state index contributed by atoms with van der Waals surface area (Å²) in [5.74, 6) is 1.74.